The van der Waals surface area contributed by atoms with Gasteiger partial charge in [0.05, 0.1) is 5.75 Å². The standard InChI is InChI=1S/C12H13ClFNO3S/c13-11-3-1-2-9(4-11)6-15-7-10(5-12(15)16)8-19(14,17)18/h1-4,10H,5-8H2. The summed E-state index contributed by atoms with van der Waals surface area (Å²) in [7, 11) is -4.53. The van der Waals surface area contributed by atoms with Crippen LogP contribution in [0, 0.1) is 5.92 Å². The molecule has 1 aromatic carbocycles. The molecule has 1 aromatic rings. The average molecular weight is 306 g/mol. The molecule has 7 heteroatoms. The van der Waals surface area contributed by atoms with E-state index in [2.05, 4.69) is 0 Å². The number of nitrogens with zero attached hydrogens (tertiary/aromatic N) is 1. The van der Waals surface area contributed by atoms with E-state index < -0.39 is 21.9 Å². The summed E-state index contributed by atoms with van der Waals surface area (Å²) in [6.45, 7) is 0.622. The van der Waals surface area contributed by atoms with Crippen LogP contribution in [-0.4, -0.2) is 31.5 Å². The normalized spacial score (nSPS) is 20.0. The first-order valence-corrected chi connectivity index (χ1v) is 7.71. The van der Waals surface area contributed by atoms with Crippen LogP contribution in [0.2, 0.25) is 5.02 Å². The molecule has 1 fully saturated rings. The number of carbonyl (C=O) groups is 1. The Morgan fingerprint density at radius 3 is 2.79 bits per heavy atom. The predicted octanol–water partition coefficient (Wildman–Crippen LogP) is 1.99. The Hall–Kier alpha value is -1.14. The summed E-state index contributed by atoms with van der Waals surface area (Å²) in [6.07, 6.45) is 0.0731. The van der Waals surface area contributed by atoms with Crippen LogP contribution in [0.15, 0.2) is 24.3 Å². The largest absolute Gasteiger partial charge is 0.338 e. The summed E-state index contributed by atoms with van der Waals surface area (Å²) in [6, 6.07) is 7.09. The van der Waals surface area contributed by atoms with Gasteiger partial charge in [-0.1, -0.05) is 23.7 Å². The summed E-state index contributed by atoms with van der Waals surface area (Å²) in [5.74, 6) is -1.22. The first-order chi connectivity index (χ1) is 8.83. The Bertz CT molecular complexity index is 590. The van der Waals surface area contributed by atoms with Crippen molar-refractivity contribution in [3.8, 4) is 0 Å². The highest BCUT2D eigenvalue weighted by molar-refractivity contribution is 7.86. The summed E-state index contributed by atoms with van der Waals surface area (Å²) < 4.78 is 33.8. The van der Waals surface area contributed by atoms with Gasteiger partial charge in [0.15, 0.2) is 0 Å². The van der Waals surface area contributed by atoms with Gasteiger partial charge in [-0.15, -0.1) is 3.89 Å². The summed E-state index contributed by atoms with van der Waals surface area (Å²) in [4.78, 5) is 13.3. The number of likely N-dealkylation sites (tertiary alicyclic amines) is 1. The molecular weight excluding hydrogens is 293 g/mol. The Balaban J connectivity index is 2.01. The van der Waals surface area contributed by atoms with Crippen molar-refractivity contribution in [1.82, 2.24) is 4.90 Å². The van der Waals surface area contributed by atoms with Gasteiger partial charge in [-0.2, -0.15) is 8.42 Å². The lowest BCUT2D eigenvalue weighted by Crippen LogP contribution is -2.25. The Morgan fingerprint density at radius 2 is 2.16 bits per heavy atom. The molecule has 104 valence electrons. The van der Waals surface area contributed by atoms with Crippen LogP contribution in [0.25, 0.3) is 0 Å². The summed E-state index contributed by atoms with van der Waals surface area (Å²) in [5, 5.41) is 0.576. The van der Waals surface area contributed by atoms with Crippen molar-refractivity contribution in [2.24, 2.45) is 5.92 Å². The van der Waals surface area contributed by atoms with Gasteiger partial charge in [-0.25, -0.2) is 0 Å². The number of hydrogen-bond acceptors (Lipinski definition) is 3. The fraction of sp³-hybridized carbons (Fsp3) is 0.417. The van der Waals surface area contributed by atoms with E-state index >= 15 is 0 Å². The van der Waals surface area contributed by atoms with Crippen LogP contribution in [-0.2, 0) is 21.6 Å². The zero-order valence-electron chi connectivity index (χ0n) is 10.1. The van der Waals surface area contributed by atoms with Crippen LogP contribution in [0.5, 0.6) is 0 Å². The third kappa shape index (κ3) is 4.18. The van der Waals surface area contributed by atoms with Crippen molar-refractivity contribution < 1.29 is 17.1 Å². The maximum atomic E-state index is 12.6. The third-order valence-corrected chi connectivity index (χ3v) is 4.10. The highest BCUT2D eigenvalue weighted by atomic mass is 35.5. The van der Waals surface area contributed by atoms with Crippen molar-refractivity contribution in [3.63, 3.8) is 0 Å². The van der Waals surface area contributed by atoms with E-state index in [-0.39, 0.29) is 18.9 Å². The van der Waals surface area contributed by atoms with Gasteiger partial charge in [-0.05, 0) is 17.7 Å². The topological polar surface area (TPSA) is 54.5 Å². The maximum Gasteiger partial charge on any atom is 0.302 e. The quantitative estimate of drug-likeness (QED) is 0.799. The van der Waals surface area contributed by atoms with E-state index in [9.17, 15) is 17.1 Å². The second-order valence-electron chi connectivity index (χ2n) is 4.68. The van der Waals surface area contributed by atoms with Crippen molar-refractivity contribution in [3.05, 3.63) is 34.9 Å². The van der Waals surface area contributed by atoms with Crippen molar-refractivity contribution in [2.45, 2.75) is 13.0 Å². The van der Waals surface area contributed by atoms with Crippen molar-refractivity contribution in [1.29, 1.82) is 0 Å². The molecule has 0 bridgehead atoms. The predicted molar refractivity (Wildman–Crippen MR) is 69.9 cm³/mol. The molecule has 0 radical (unpaired) electrons. The fourth-order valence-corrected chi connectivity index (χ4v) is 3.25. The Kier molecular flexibility index (Phi) is 4.10. The fourth-order valence-electron chi connectivity index (χ4n) is 2.26. The van der Waals surface area contributed by atoms with Crippen LogP contribution < -0.4 is 0 Å². The molecule has 4 nitrogen and oxygen atoms in total. The highest BCUT2D eigenvalue weighted by Crippen LogP contribution is 2.22. The van der Waals surface area contributed by atoms with Crippen LogP contribution in [0.4, 0.5) is 3.89 Å². The molecule has 1 heterocycles. The molecule has 1 amide bonds. The summed E-state index contributed by atoms with van der Waals surface area (Å²) in [5.41, 5.74) is 0.865. The van der Waals surface area contributed by atoms with Gasteiger partial charge in [0.25, 0.3) is 0 Å². The van der Waals surface area contributed by atoms with Gasteiger partial charge in [0.1, 0.15) is 0 Å². The number of carbonyl (C=O) groups excluding carboxylic acids is 1. The minimum Gasteiger partial charge on any atom is -0.338 e. The van der Waals surface area contributed by atoms with Gasteiger partial charge >= 0.3 is 10.2 Å². The molecule has 1 aliphatic rings. The SMILES string of the molecule is O=C1CC(CS(=O)(=O)F)CN1Cc1cccc(Cl)c1. The number of hydrogen-bond donors (Lipinski definition) is 0. The van der Waals surface area contributed by atoms with Crippen LogP contribution >= 0.6 is 11.6 Å². The van der Waals surface area contributed by atoms with Crippen molar-refractivity contribution >= 4 is 27.7 Å². The molecular formula is C12H13ClFNO3S. The van der Waals surface area contributed by atoms with Gasteiger partial charge < -0.3 is 4.90 Å². The van der Waals surface area contributed by atoms with E-state index in [4.69, 9.17) is 11.6 Å². The maximum absolute atomic E-state index is 12.6. The second kappa shape index (κ2) is 5.46. The average Bonchev–Trinajstić information content (AvgIpc) is 2.56. The lowest BCUT2D eigenvalue weighted by molar-refractivity contribution is -0.128. The molecule has 19 heavy (non-hydrogen) atoms. The Morgan fingerprint density at radius 1 is 1.42 bits per heavy atom. The van der Waals surface area contributed by atoms with E-state index in [0.29, 0.717) is 11.6 Å². The molecule has 0 spiro atoms. The molecule has 1 atom stereocenters. The van der Waals surface area contributed by atoms with E-state index in [1.165, 1.54) is 4.90 Å². The molecule has 1 unspecified atom stereocenters. The lowest BCUT2D eigenvalue weighted by atomic mass is 10.1. The van der Waals surface area contributed by atoms with Crippen LogP contribution in [0.3, 0.4) is 0 Å². The number of benzene rings is 1. The molecule has 0 N–H and O–H groups in total. The first-order valence-electron chi connectivity index (χ1n) is 5.78. The van der Waals surface area contributed by atoms with E-state index in [1.54, 1.807) is 18.2 Å². The number of amides is 1. The smallest absolute Gasteiger partial charge is 0.302 e. The molecule has 1 saturated heterocycles. The number of halogens is 2. The molecule has 0 aliphatic carbocycles. The first kappa shape index (κ1) is 14.3. The van der Waals surface area contributed by atoms with Crippen LogP contribution in [0.1, 0.15) is 12.0 Å². The lowest BCUT2D eigenvalue weighted by Gasteiger charge is -2.16. The minimum absolute atomic E-state index is 0.0731. The molecule has 0 saturated carbocycles. The van der Waals surface area contributed by atoms with Crippen molar-refractivity contribution in [2.75, 3.05) is 12.3 Å². The molecule has 1 aliphatic heterocycles. The minimum atomic E-state index is -4.53. The zero-order valence-corrected chi connectivity index (χ0v) is 11.6. The number of rotatable bonds is 4. The van der Waals surface area contributed by atoms with E-state index in [0.717, 1.165) is 5.56 Å². The van der Waals surface area contributed by atoms with Gasteiger partial charge in [-0.3, -0.25) is 4.79 Å². The third-order valence-electron chi connectivity index (χ3n) is 2.99. The second-order valence-corrected chi connectivity index (χ2v) is 6.53. The van der Waals surface area contributed by atoms with Gasteiger partial charge in [0, 0.05) is 30.5 Å². The van der Waals surface area contributed by atoms with E-state index in [1.807, 2.05) is 6.07 Å². The summed E-state index contributed by atoms with van der Waals surface area (Å²) >= 11 is 5.85. The Labute approximate surface area is 116 Å². The van der Waals surface area contributed by atoms with Gasteiger partial charge in [0.2, 0.25) is 5.91 Å². The molecule has 2 rings (SSSR count). The molecule has 0 aromatic heterocycles. The monoisotopic (exact) mass is 305 g/mol. The highest BCUT2D eigenvalue weighted by Gasteiger charge is 2.32. The zero-order chi connectivity index (χ0) is 14.0.